The Bertz CT molecular complexity index is 589. The van der Waals surface area contributed by atoms with E-state index in [2.05, 4.69) is 0 Å². The maximum Gasteiger partial charge on any atom is 0.245 e. The first kappa shape index (κ1) is 16.4. The van der Waals surface area contributed by atoms with Gasteiger partial charge in [-0.3, -0.25) is 0 Å². The van der Waals surface area contributed by atoms with Gasteiger partial charge in [0, 0.05) is 19.7 Å². The summed E-state index contributed by atoms with van der Waals surface area (Å²) in [5.74, 6) is -0.343. The lowest BCUT2D eigenvalue weighted by Crippen LogP contribution is -2.32. The quantitative estimate of drug-likeness (QED) is 0.927. The highest BCUT2D eigenvalue weighted by atomic mass is 32.2. The molecule has 6 heteroatoms. The number of aliphatic hydroxyl groups is 1. The van der Waals surface area contributed by atoms with Crippen LogP contribution in [0.4, 0.5) is 4.39 Å². The zero-order valence-corrected chi connectivity index (χ0v) is 13.1. The number of sulfonamides is 1. The molecule has 21 heavy (non-hydrogen) atoms. The van der Waals surface area contributed by atoms with Gasteiger partial charge < -0.3 is 5.11 Å². The molecule has 0 amide bonds. The molecule has 1 heterocycles. The normalized spacial score (nSPS) is 21.2. The van der Waals surface area contributed by atoms with E-state index in [1.165, 1.54) is 16.4 Å². The average Bonchev–Trinajstić information content (AvgIpc) is 2.65. The molecule has 1 aliphatic heterocycles. The first-order valence-electron chi connectivity index (χ1n) is 7.32. The number of halogens is 1. The first-order valence-corrected chi connectivity index (χ1v) is 8.76. The van der Waals surface area contributed by atoms with Crippen LogP contribution in [0.5, 0.6) is 0 Å². The second-order valence-electron chi connectivity index (χ2n) is 5.65. The van der Waals surface area contributed by atoms with E-state index in [4.69, 9.17) is 5.11 Å². The molecule has 0 aromatic heterocycles. The molecule has 0 radical (unpaired) electrons. The third-order valence-corrected chi connectivity index (χ3v) is 5.98. The van der Waals surface area contributed by atoms with Crippen LogP contribution in [0, 0.1) is 18.7 Å². The molecular weight excluding hydrogens is 293 g/mol. The van der Waals surface area contributed by atoms with Crippen LogP contribution in [0.2, 0.25) is 0 Å². The molecule has 2 rings (SSSR count). The third kappa shape index (κ3) is 3.81. The van der Waals surface area contributed by atoms with Gasteiger partial charge in [-0.2, -0.15) is 4.31 Å². The van der Waals surface area contributed by atoms with Crippen molar-refractivity contribution in [1.82, 2.24) is 4.31 Å². The Morgan fingerprint density at radius 1 is 1.33 bits per heavy atom. The molecule has 1 fully saturated rings. The Balaban J connectivity index is 2.19. The molecule has 1 aliphatic rings. The summed E-state index contributed by atoms with van der Waals surface area (Å²) in [5.41, 5.74) is 0.699. The van der Waals surface area contributed by atoms with Crippen molar-refractivity contribution in [2.75, 3.05) is 19.7 Å². The van der Waals surface area contributed by atoms with Gasteiger partial charge in [-0.1, -0.05) is 6.07 Å². The van der Waals surface area contributed by atoms with E-state index in [-0.39, 0.29) is 11.5 Å². The van der Waals surface area contributed by atoms with Crippen molar-refractivity contribution in [2.45, 2.75) is 37.5 Å². The Hall–Kier alpha value is -0.980. The van der Waals surface area contributed by atoms with Crippen LogP contribution in [0.3, 0.4) is 0 Å². The maximum atomic E-state index is 14.0. The van der Waals surface area contributed by atoms with Crippen molar-refractivity contribution >= 4 is 10.0 Å². The number of aryl methyl sites for hydroxylation is 1. The van der Waals surface area contributed by atoms with Gasteiger partial charge in [0.2, 0.25) is 10.0 Å². The summed E-state index contributed by atoms with van der Waals surface area (Å²) >= 11 is 0. The van der Waals surface area contributed by atoms with Gasteiger partial charge in [-0.25, -0.2) is 12.8 Å². The van der Waals surface area contributed by atoms with Crippen molar-refractivity contribution in [2.24, 2.45) is 5.92 Å². The summed E-state index contributed by atoms with van der Waals surface area (Å²) in [6.45, 7) is 2.66. The summed E-state index contributed by atoms with van der Waals surface area (Å²) in [6, 6.07) is 4.21. The molecule has 1 aromatic rings. The maximum absolute atomic E-state index is 14.0. The molecule has 4 nitrogen and oxygen atoms in total. The van der Waals surface area contributed by atoms with E-state index < -0.39 is 15.8 Å². The van der Waals surface area contributed by atoms with Crippen molar-refractivity contribution < 1.29 is 17.9 Å². The van der Waals surface area contributed by atoms with Gasteiger partial charge in [0.25, 0.3) is 0 Å². The smallest absolute Gasteiger partial charge is 0.245 e. The van der Waals surface area contributed by atoms with Crippen LogP contribution >= 0.6 is 0 Å². The fraction of sp³-hybridized carbons (Fsp3) is 0.600. The first-order chi connectivity index (χ1) is 9.95. The molecule has 1 N–H and O–H groups in total. The van der Waals surface area contributed by atoms with E-state index in [1.807, 2.05) is 0 Å². The second-order valence-corrected chi connectivity index (χ2v) is 7.55. The number of nitrogens with zero attached hydrogens (tertiary/aromatic N) is 1. The molecule has 1 aromatic carbocycles. The summed E-state index contributed by atoms with van der Waals surface area (Å²) < 4.78 is 40.5. The largest absolute Gasteiger partial charge is 0.396 e. The number of rotatable bonds is 4. The SMILES string of the molecule is Cc1ccc(S(=O)(=O)N2CCCC(CCO)CC2)c(F)c1. The van der Waals surface area contributed by atoms with Crippen LogP contribution in [0.25, 0.3) is 0 Å². The lowest BCUT2D eigenvalue weighted by molar-refractivity contribution is 0.248. The van der Waals surface area contributed by atoms with Gasteiger partial charge in [0.05, 0.1) is 0 Å². The van der Waals surface area contributed by atoms with E-state index in [0.717, 1.165) is 12.8 Å². The number of hydrogen-bond acceptors (Lipinski definition) is 3. The van der Waals surface area contributed by atoms with E-state index >= 15 is 0 Å². The van der Waals surface area contributed by atoms with Gasteiger partial charge in [-0.15, -0.1) is 0 Å². The molecule has 0 aliphatic carbocycles. The zero-order valence-electron chi connectivity index (χ0n) is 12.3. The minimum Gasteiger partial charge on any atom is -0.396 e. The Labute approximate surface area is 125 Å². The Kier molecular flexibility index (Phi) is 5.35. The van der Waals surface area contributed by atoms with Crippen molar-refractivity contribution in [3.8, 4) is 0 Å². The Morgan fingerprint density at radius 3 is 2.76 bits per heavy atom. The standard InChI is InChI=1S/C15H22FNO3S/c1-12-4-5-15(14(16)11-12)21(19,20)17-8-2-3-13(6-9-17)7-10-18/h4-5,11,13,18H,2-3,6-10H2,1H3. The van der Waals surface area contributed by atoms with Gasteiger partial charge in [0.15, 0.2) is 0 Å². The van der Waals surface area contributed by atoms with Gasteiger partial charge >= 0.3 is 0 Å². The lowest BCUT2D eigenvalue weighted by Gasteiger charge is -2.20. The van der Waals surface area contributed by atoms with E-state index in [9.17, 15) is 12.8 Å². The second kappa shape index (κ2) is 6.85. The molecule has 0 spiro atoms. The lowest BCUT2D eigenvalue weighted by atomic mass is 9.98. The predicted molar refractivity (Wildman–Crippen MR) is 78.9 cm³/mol. The topological polar surface area (TPSA) is 57.6 Å². The van der Waals surface area contributed by atoms with Crippen LogP contribution in [0.1, 0.15) is 31.2 Å². The molecule has 1 saturated heterocycles. The molecule has 1 unspecified atom stereocenters. The minimum atomic E-state index is -3.78. The molecular formula is C15H22FNO3S. The monoisotopic (exact) mass is 315 g/mol. The molecule has 0 saturated carbocycles. The fourth-order valence-corrected chi connectivity index (χ4v) is 4.34. The number of benzene rings is 1. The van der Waals surface area contributed by atoms with Gasteiger partial charge in [0.1, 0.15) is 10.7 Å². The van der Waals surface area contributed by atoms with E-state index in [1.54, 1.807) is 13.0 Å². The third-order valence-electron chi connectivity index (χ3n) is 4.05. The van der Waals surface area contributed by atoms with Crippen molar-refractivity contribution in [3.63, 3.8) is 0 Å². The Morgan fingerprint density at radius 2 is 2.10 bits per heavy atom. The van der Waals surface area contributed by atoms with Crippen LogP contribution < -0.4 is 0 Å². The van der Waals surface area contributed by atoms with Crippen LogP contribution in [0.15, 0.2) is 23.1 Å². The highest BCUT2D eigenvalue weighted by Gasteiger charge is 2.29. The van der Waals surface area contributed by atoms with Crippen LogP contribution in [-0.4, -0.2) is 37.5 Å². The average molecular weight is 315 g/mol. The van der Waals surface area contributed by atoms with E-state index in [0.29, 0.717) is 37.4 Å². The fourth-order valence-electron chi connectivity index (χ4n) is 2.80. The molecule has 118 valence electrons. The zero-order chi connectivity index (χ0) is 15.5. The van der Waals surface area contributed by atoms with Crippen molar-refractivity contribution in [1.29, 1.82) is 0 Å². The summed E-state index contributed by atoms with van der Waals surface area (Å²) in [5, 5.41) is 9.00. The summed E-state index contributed by atoms with van der Waals surface area (Å²) in [4.78, 5) is -0.242. The molecule has 0 bridgehead atoms. The van der Waals surface area contributed by atoms with Gasteiger partial charge in [-0.05, 0) is 56.2 Å². The highest BCUT2D eigenvalue weighted by Crippen LogP contribution is 2.26. The summed E-state index contributed by atoms with van der Waals surface area (Å²) in [6.07, 6.45) is 3.07. The molecule has 1 atom stereocenters. The minimum absolute atomic E-state index is 0.129. The van der Waals surface area contributed by atoms with Crippen LogP contribution in [-0.2, 0) is 10.0 Å². The highest BCUT2D eigenvalue weighted by molar-refractivity contribution is 7.89. The number of hydrogen-bond donors (Lipinski definition) is 1. The predicted octanol–water partition coefficient (Wildman–Crippen LogP) is 2.31. The summed E-state index contributed by atoms with van der Waals surface area (Å²) in [7, 11) is -3.78. The number of aliphatic hydroxyl groups excluding tert-OH is 1. The van der Waals surface area contributed by atoms with Crippen molar-refractivity contribution in [3.05, 3.63) is 29.6 Å².